The Hall–Kier alpha value is -1.61. The van der Waals surface area contributed by atoms with Crippen molar-refractivity contribution in [3.63, 3.8) is 0 Å². The largest absolute Gasteiger partial charge is 0.340 e. The molecule has 0 atom stereocenters. The molecule has 1 aromatic carbocycles. The Balaban J connectivity index is 1.85. The molecule has 18 heavy (non-hydrogen) atoms. The number of nitrogens with zero attached hydrogens (tertiary/aromatic N) is 1. The van der Waals surface area contributed by atoms with E-state index in [4.69, 9.17) is 11.6 Å². The van der Waals surface area contributed by atoms with Gasteiger partial charge in [0.15, 0.2) is 0 Å². The Labute approximate surface area is 110 Å². The van der Waals surface area contributed by atoms with Crippen LogP contribution in [0, 0.1) is 5.82 Å². The van der Waals surface area contributed by atoms with Gasteiger partial charge in [0.2, 0.25) is 0 Å². The van der Waals surface area contributed by atoms with Crippen molar-refractivity contribution in [2.75, 3.05) is 5.32 Å². The average molecular weight is 263 g/mol. The fourth-order valence-corrected chi connectivity index (χ4v) is 2.39. The second kappa shape index (κ2) is 4.58. The van der Waals surface area contributed by atoms with E-state index >= 15 is 0 Å². The quantitative estimate of drug-likeness (QED) is 0.881. The predicted octanol–water partition coefficient (Wildman–Crippen LogP) is 4.11. The second-order valence-corrected chi connectivity index (χ2v) is 4.82. The van der Waals surface area contributed by atoms with Crippen molar-refractivity contribution in [1.82, 2.24) is 4.98 Å². The summed E-state index contributed by atoms with van der Waals surface area (Å²) in [6, 6.07) is 8.60. The van der Waals surface area contributed by atoms with E-state index in [1.807, 2.05) is 6.07 Å². The molecule has 0 aliphatic heterocycles. The summed E-state index contributed by atoms with van der Waals surface area (Å²) in [5.41, 5.74) is 3.23. The molecule has 1 aromatic heterocycles. The van der Waals surface area contributed by atoms with Gasteiger partial charge in [-0.3, -0.25) is 0 Å². The Kier molecular flexibility index (Phi) is 2.92. The van der Waals surface area contributed by atoms with E-state index in [1.54, 1.807) is 12.1 Å². The maximum absolute atomic E-state index is 13.0. The molecule has 3 rings (SSSR count). The van der Waals surface area contributed by atoms with Gasteiger partial charge in [0, 0.05) is 11.4 Å². The molecular weight excluding hydrogens is 251 g/mol. The first kappa shape index (κ1) is 11.5. The minimum Gasteiger partial charge on any atom is -0.340 e. The summed E-state index contributed by atoms with van der Waals surface area (Å²) in [4.78, 5) is 4.55. The van der Waals surface area contributed by atoms with Crippen LogP contribution >= 0.6 is 11.6 Å². The summed E-state index contributed by atoms with van der Waals surface area (Å²) < 4.78 is 13.0. The zero-order chi connectivity index (χ0) is 12.5. The molecule has 0 spiro atoms. The molecule has 0 saturated carbocycles. The molecule has 0 saturated heterocycles. The maximum atomic E-state index is 13.0. The van der Waals surface area contributed by atoms with Crippen LogP contribution in [0.4, 0.5) is 15.9 Å². The highest BCUT2D eigenvalue weighted by molar-refractivity contribution is 6.31. The number of aromatic nitrogens is 1. The highest BCUT2D eigenvalue weighted by Crippen LogP contribution is 2.25. The number of nitrogens with one attached hydrogen (secondary N) is 1. The molecule has 92 valence electrons. The van der Waals surface area contributed by atoms with Crippen molar-refractivity contribution in [2.24, 2.45) is 0 Å². The fourth-order valence-electron chi connectivity index (χ4n) is 2.21. The van der Waals surface area contributed by atoms with E-state index in [1.165, 1.54) is 18.1 Å². The van der Waals surface area contributed by atoms with Crippen LogP contribution in [0.25, 0.3) is 0 Å². The van der Waals surface area contributed by atoms with E-state index < -0.39 is 5.82 Å². The van der Waals surface area contributed by atoms with Crippen molar-refractivity contribution >= 4 is 23.1 Å². The van der Waals surface area contributed by atoms with Crippen molar-refractivity contribution in [3.8, 4) is 0 Å². The SMILES string of the molecule is Fc1ccc(Nc2ccc3c(n2)CCC3)cc1Cl. The molecule has 2 aromatic rings. The maximum Gasteiger partial charge on any atom is 0.141 e. The van der Waals surface area contributed by atoms with Gasteiger partial charge >= 0.3 is 0 Å². The van der Waals surface area contributed by atoms with Gasteiger partial charge < -0.3 is 5.32 Å². The molecule has 0 unspecified atom stereocenters. The van der Waals surface area contributed by atoms with Crippen molar-refractivity contribution in [1.29, 1.82) is 0 Å². The third-order valence-corrected chi connectivity index (χ3v) is 3.41. The van der Waals surface area contributed by atoms with E-state index in [-0.39, 0.29) is 5.02 Å². The van der Waals surface area contributed by atoms with Gasteiger partial charge in [-0.15, -0.1) is 0 Å². The van der Waals surface area contributed by atoms with Gasteiger partial charge in [0.05, 0.1) is 5.02 Å². The number of rotatable bonds is 2. The third kappa shape index (κ3) is 2.18. The van der Waals surface area contributed by atoms with Crippen LogP contribution in [0.15, 0.2) is 30.3 Å². The summed E-state index contributed by atoms with van der Waals surface area (Å²) in [6.07, 6.45) is 3.33. The van der Waals surface area contributed by atoms with Crippen LogP contribution in [0.5, 0.6) is 0 Å². The number of aryl methyl sites for hydroxylation is 2. The highest BCUT2D eigenvalue weighted by atomic mass is 35.5. The number of anilines is 2. The Morgan fingerprint density at radius 2 is 2.06 bits per heavy atom. The molecule has 4 heteroatoms. The zero-order valence-electron chi connectivity index (χ0n) is 9.71. The van der Waals surface area contributed by atoms with E-state index in [9.17, 15) is 4.39 Å². The molecular formula is C14H12ClFN2. The van der Waals surface area contributed by atoms with Crippen LogP contribution in [0.1, 0.15) is 17.7 Å². The molecule has 2 nitrogen and oxygen atoms in total. The lowest BCUT2D eigenvalue weighted by molar-refractivity contribution is 0.628. The minimum atomic E-state index is -0.413. The number of pyridine rings is 1. The fraction of sp³-hybridized carbons (Fsp3) is 0.214. The van der Waals surface area contributed by atoms with E-state index in [0.29, 0.717) is 0 Å². The van der Waals surface area contributed by atoms with Crippen LogP contribution < -0.4 is 5.32 Å². The van der Waals surface area contributed by atoms with Gasteiger partial charge in [-0.25, -0.2) is 9.37 Å². The van der Waals surface area contributed by atoms with Crippen molar-refractivity contribution in [3.05, 3.63) is 52.4 Å². The first-order valence-electron chi connectivity index (χ1n) is 5.93. The Morgan fingerprint density at radius 3 is 2.89 bits per heavy atom. The van der Waals surface area contributed by atoms with Gasteiger partial charge in [-0.1, -0.05) is 17.7 Å². The number of fused-ring (bicyclic) bond motifs is 1. The molecule has 1 aliphatic rings. The number of benzene rings is 1. The van der Waals surface area contributed by atoms with Crippen molar-refractivity contribution < 1.29 is 4.39 Å². The number of hydrogen-bond acceptors (Lipinski definition) is 2. The second-order valence-electron chi connectivity index (χ2n) is 4.41. The molecule has 1 aliphatic carbocycles. The summed E-state index contributed by atoms with van der Waals surface area (Å²) in [5, 5.41) is 3.25. The standard InChI is InChI=1S/C14H12ClFN2/c15-11-8-10(5-6-12(11)16)17-14-7-4-9-2-1-3-13(9)18-14/h4-8H,1-3H2,(H,17,18). The lowest BCUT2D eigenvalue weighted by atomic mass is 10.2. The van der Waals surface area contributed by atoms with Gasteiger partial charge in [-0.2, -0.15) is 0 Å². The molecule has 0 bridgehead atoms. The molecule has 0 amide bonds. The number of halogens is 2. The van der Waals surface area contributed by atoms with Crippen LogP contribution in [0.2, 0.25) is 5.02 Å². The van der Waals surface area contributed by atoms with Crippen LogP contribution in [0.3, 0.4) is 0 Å². The first-order chi connectivity index (χ1) is 8.72. The number of hydrogen-bond donors (Lipinski definition) is 1. The predicted molar refractivity (Wildman–Crippen MR) is 71.0 cm³/mol. The van der Waals surface area contributed by atoms with E-state index in [2.05, 4.69) is 16.4 Å². The minimum absolute atomic E-state index is 0.112. The Morgan fingerprint density at radius 1 is 1.17 bits per heavy atom. The van der Waals surface area contributed by atoms with Gasteiger partial charge in [-0.05, 0) is 49.1 Å². The zero-order valence-corrected chi connectivity index (χ0v) is 10.5. The lowest BCUT2D eigenvalue weighted by Gasteiger charge is -2.08. The monoisotopic (exact) mass is 262 g/mol. The summed E-state index contributed by atoms with van der Waals surface area (Å²) in [7, 11) is 0. The highest BCUT2D eigenvalue weighted by Gasteiger charge is 2.12. The first-order valence-corrected chi connectivity index (χ1v) is 6.31. The van der Waals surface area contributed by atoms with Crippen LogP contribution in [-0.2, 0) is 12.8 Å². The lowest BCUT2D eigenvalue weighted by Crippen LogP contribution is -1.97. The molecule has 1 heterocycles. The Bertz CT molecular complexity index is 598. The summed E-state index contributed by atoms with van der Waals surface area (Å²) >= 11 is 5.74. The third-order valence-electron chi connectivity index (χ3n) is 3.12. The van der Waals surface area contributed by atoms with Gasteiger partial charge in [0.1, 0.15) is 11.6 Å². The van der Waals surface area contributed by atoms with Crippen LogP contribution in [-0.4, -0.2) is 4.98 Å². The molecule has 1 N–H and O–H groups in total. The van der Waals surface area contributed by atoms with E-state index in [0.717, 1.165) is 30.0 Å². The van der Waals surface area contributed by atoms with Crippen molar-refractivity contribution in [2.45, 2.75) is 19.3 Å². The smallest absolute Gasteiger partial charge is 0.141 e. The normalized spacial score (nSPS) is 13.4. The molecule has 0 fully saturated rings. The topological polar surface area (TPSA) is 24.9 Å². The summed E-state index contributed by atoms with van der Waals surface area (Å²) in [5.74, 6) is 0.363. The average Bonchev–Trinajstić information content (AvgIpc) is 2.81. The van der Waals surface area contributed by atoms with Gasteiger partial charge in [0.25, 0.3) is 0 Å². The molecule has 0 radical (unpaired) electrons. The summed E-state index contributed by atoms with van der Waals surface area (Å²) in [6.45, 7) is 0.